The largest absolute Gasteiger partial charge is 0.458 e. The van der Waals surface area contributed by atoms with Crippen molar-refractivity contribution < 1.29 is 44.2 Å². The average Bonchev–Trinajstić information content (AvgIpc) is 3.01. The summed E-state index contributed by atoms with van der Waals surface area (Å²) < 4.78 is 21.8. The predicted octanol–water partition coefficient (Wildman–Crippen LogP) is 6.13. The van der Waals surface area contributed by atoms with Gasteiger partial charge in [0.25, 0.3) is 0 Å². The van der Waals surface area contributed by atoms with Crippen LogP contribution in [0.15, 0.2) is 12.2 Å². The summed E-state index contributed by atoms with van der Waals surface area (Å²) >= 11 is 0. The van der Waals surface area contributed by atoms with E-state index < -0.39 is 49.4 Å². The molecule has 1 aliphatic heterocycles. The van der Waals surface area contributed by atoms with Crippen molar-refractivity contribution in [2.75, 3.05) is 26.4 Å². The lowest BCUT2D eigenvalue weighted by atomic mass is 9.99. The molecule has 1 aliphatic rings. The first-order valence-electron chi connectivity index (χ1n) is 17.7. The first-order chi connectivity index (χ1) is 21.4. The summed E-state index contributed by atoms with van der Waals surface area (Å²) in [4.78, 5) is 11.5. The van der Waals surface area contributed by atoms with Crippen molar-refractivity contribution >= 4 is 5.97 Å². The number of rotatable bonds is 29. The van der Waals surface area contributed by atoms with Crippen LogP contribution in [0, 0.1) is 0 Å². The highest BCUT2D eigenvalue weighted by Crippen LogP contribution is 2.22. The fourth-order valence-corrected chi connectivity index (χ4v) is 5.49. The fourth-order valence-electron chi connectivity index (χ4n) is 5.49. The number of allylic oxidation sites excluding steroid dienone is 2. The summed E-state index contributed by atoms with van der Waals surface area (Å²) in [5.41, 5.74) is 0. The van der Waals surface area contributed by atoms with Crippen LogP contribution in [0.2, 0.25) is 0 Å². The van der Waals surface area contributed by atoms with Gasteiger partial charge in [0.2, 0.25) is 0 Å². The van der Waals surface area contributed by atoms with Gasteiger partial charge in [-0.2, -0.15) is 0 Å². The molecule has 9 heteroatoms. The SMILES string of the molecule is CCCCCCCCCC/C=C\CCCCCCCCCCCCOCC(COC1OC(CO)C(O)C(O)C1O)OC(C)=O. The van der Waals surface area contributed by atoms with E-state index >= 15 is 0 Å². The lowest BCUT2D eigenvalue weighted by Gasteiger charge is -2.39. The average molecular weight is 631 g/mol. The van der Waals surface area contributed by atoms with Gasteiger partial charge in [0.15, 0.2) is 6.29 Å². The quantitative estimate of drug-likeness (QED) is 0.0437. The maximum atomic E-state index is 11.5. The Balaban J connectivity index is 1.95. The van der Waals surface area contributed by atoms with Crippen LogP contribution in [0.4, 0.5) is 0 Å². The number of ether oxygens (including phenoxy) is 4. The van der Waals surface area contributed by atoms with Crippen LogP contribution in [0.25, 0.3) is 0 Å². The minimum Gasteiger partial charge on any atom is -0.458 e. The zero-order chi connectivity index (χ0) is 32.3. The van der Waals surface area contributed by atoms with Crippen LogP contribution in [0.1, 0.15) is 142 Å². The Bertz CT molecular complexity index is 687. The van der Waals surface area contributed by atoms with Crippen LogP contribution >= 0.6 is 0 Å². The van der Waals surface area contributed by atoms with E-state index in [4.69, 9.17) is 18.9 Å². The molecule has 0 aliphatic carbocycles. The van der Waals surface area contributed by atoms with Crippen molar-refractivity contribution in [3.05, 3.63) is 12.2 Å². The monoisotopic (exact) mass is 630 g/mol. The van der Waals surface area contributed by atoms with Crippen molar-refractivity contribution in [1.82, 2.24) is 0 Å². The molecule has 1 saturated heterocycles. The van der Waals surface area contributed by atoms with Crippen LogP contribution in [0.5, 0.6) is 0 Å². The maximum absolute atomic E-state index is 11.5. The highest BCUT2D eigenvalue weighted by molar-refractivity contribution is 5.66. The van der Waals surface area contributed by atoms with Gasteiger partial charge < -0.3 is 39.4 Å². The van der Waals surface area contributed by atoms with Crippen molar-refractivity contribution in [3.63, 3.8) is 0 Å². The number of carbonyl (C=O) groups excluding carboxylic acids is 1. The summed E-state index contributed by atoms with van der Waals surface area (Å²) in [6.07, 6.45) is 23.2. The highest BCUT2D eigenvalue weighted by atomic mass is 16.7. The lowest BCUT2D eigenvalue weighted by molar-refractivity contribution is -0.305. The molecule has 0 aromatic carbocycles. The second-order valence-electron chi connectivity index (χ2n) is 12.4. The molecular formula is C35H66O9. The van der Waals surface area contributed by atoms with E-state index in [2.05, 4.69) is 19.1 Å². The summed E-state index contributed by atoms with van der Waals surface area (Å²) in [6, 6.07) is 0. The van der Waals surface area contributed by atoms with Gasteiger partial charge in [0.05, 0.1) is 19.8 Å². The Morgan fingerprint density at radius 1 is 0.705 bits per heavy atom. The van der Waals surface area contributed by atoms with E-state index in [0.717, 1.165) is 12.8 Å². The van der Waals surface area contributed by atoms with E-state index in [9.17, 15) is 25.2 Å². The first-order valence-corrected chi connectivity index (χ1v) is 17.7. The van der Waals surface area contributed by atoms with Gasteiger partial charge in [-0.15, -0.1) is 0 Å². The molecule has 0 saturated carbocycles. The second-order valence-corrected chi connectivity index (χ2v) is 12.4. The molecule has 44 heavy (non-hydrogen) atoms. The summed E-state index contributed by atoms with van der Waals surface area (Å²) in [6.45, 7) is 3.57. The van der Waals surface area contributed by atoms with Crippen molar-refractivity contribution in [2.24, 2.45) is 0 Å². The summed E-state index contributed by atoms with van der Waals surface area (Å²) in [5, 5.41) is 39.2. The molecule has 1 heterocycles. The molecule has 4 N–H and O–H groups in total. The minimum atomic E-state index is -1.53. The molecule has 0 amide bonds. The number of hydrogen-bond acceptors (Lipinski definition) is 9. The van der Waals surface area contributed by atoms with Gasteiger partial charge >= 0.3 is 5.97 Å². The van der Waals surface area contributed by atoms with Crippen molar-refractivity contribution in [2.45, 2.75) is 179 Å². The van der Waals surface area contributed by atoms with Gasteiger partial charge in [0.1, 0.15) is 30.5 Å². The number of esters is 1. The molecular weight excluding hydrogens is 564 g/mol. The molecule has 260 valence electrons. The molecule has 9 nitrogen and oxygen atoms in total. The fraction of sp³-hybridized carbons (Fsp3) is 0.914. The van der Waals surface area contributed by atoms with E-state index in [-0.39, 0.29) is 13.2 Å². The Labute approximate surface area is 267 Å². The first kappa shape index (κ1) is 41.0. The number of aliphatic hydroxyl groups is 4. The van der Waals surface area contributed by atoms with Gasteiger partial charge in [-0.25, -0.2) is 0 Å². The highest BCUT2D eigenvalue weighted by Gasteiger charge is 2.44. The third kappa shape index (κ3) is 20.9. The second kappa shape index (κ2) is 28.2. The van der Waals surface area contributed by atoms with Gasteiger partial charge in [0, 0.05) is 13.5 Å². The van der Waals surface area contributed by atoms with Gasteiger partial charge in [-0.1, -0.05) is 115 Å². The normalized spacial score (nSPS) is 22.9. The van der Waals surface area contributed by atoms with E-state index in [0.29, 0.717) is 6.61 Å². The molecule has 1 rings (SSSR count). The van der Waals surface area contributed by atoms with Crippen LogP contribution in [0.3, 0.4) is 0 Å². The minimum absolute atomic E-state index is 0.127. The number of carbonyl (C=O) groups is 1. The molecule has 0 radical (unpaired) electrons. The van der Waals surface area contributed by atoms with Crippen molar-refractivity contribution in [1.29, 1.82) is 0 Å². The van der Waals surface area contributed by atoms with Crippen molar-refractivity contribution in [3.8, 4) is 0 Å². The van der Waals surface area contributed by atoms with E-state index in [1.807, 2.05) is 0 Å². The topological polar surface area (TPSA) is 135 Å². The molecule has 6 unspecified atom stereocenters. The predicted molar refractivity (Wildman–Crippen MR) is 173 cm³/mol. The lowest BCUT2D eigenvalue weighted by Crippen LogP contribution is -2.59. The molecule has 0 aromatic rings. The maximum Gasteiger partial charge on any atom is 0.303 e. The Morgan fingerprint density at radius 2 is 1.20 bits per heavy atom. The summed E-state index contributed by atoms with van der Waals surface area (Å²) in [5.74, 6) is -0.489. The standard InChI is InChI=1S/C35H66O9/c1-3-4-5-6-7-8-9-10-11-12-13-14-15-16-17-18-19-20-21-22-23-24-25-41-27-30(43-29(2)37)28-42-35-34(40)33(39)32(38)31(26-36)44-35/h12-13,30-36,38-40H,3-11,14-28H2,1-2H3/b13-12-. The third-order valence-electron chi connectivity index (χ3n) is 8.23. The number of aliphatic hydroxyl groups excluding tert-OH is 4. The van der Waals surface area contributed by atoms with Crippen LogP contribution in [-0.4, -0.2) is 89.6 Å². The van der Waals surface area contributed by atoms with E-state index in [1.54, 1.807) is 0 Å². The molecule has 0 aromatic heterocycles. The van der Waals surface area contributed by atoms with Crippen LogP contribution in [-0.2, 0) is 23.7 Å². The summed E-state index contributed by atoms with van der Waals surface area (Å²) in [7, 11) is 0. The Hall–Kier alpha value is -1.07. The zero-order valence-corrected chi connectivity index (χ0v) is 27.9. The Morgan fingerprint density at radius 3 is 1.70 bits per heavy atom. The third-order valence-corrected chi connectivity index (χ3v) is 8.23. The molecule has 1 fully saturated rings. The van der Waals surface area contributed by atoms with Gasteiger partial charge in [-0.05, 0) is 32.1 Å². The molecule has 0 bridgehead atoms. The smallest absolute Gasteiger partial charge is 0.303 e. The van der Waals surface area contributed by atoms with E-state index in [1.165, 1.54) is 122 Å². The van der Waals surface area contributed by atoms with Gasteiger partial charge in [-0.3, -0.25) is 4.79 Å². The zero-order valence-electron chi connectivity index (χ0n) is 27.9. The molecule has 6 atom stereocenters. The number of unbranched alkanes of at least 4 members (excludes halogenated alkanes) is 18. The Kier molecular flexibility index (Phi) is 26.2. The number of hydrogen-bond donors (Lipinski definition) is 4. The van der Waals surface area contributed by atoms with Crippen LogP contribution < -0.4 is 0 Å². The molecule has 0 spiro atoms.